The van der Waals surface area contributed by atoms with Gasteiger partial charge in [0.15, 0.2) is 0 Å². The van der Waals surface area contributed by atoms with Crippen LogP contribution < -0.4 is 16.2 Å². The summed E-state index contributed by atoms with van der Waals surface area (Å²) < 4.78 is 13.1. The van der Waals surface area contributed by atoms with E-state index in [1.807, 2.05) is 0 Å². The Morgan fingerprint density at radius 1 is 1.21 bits per heavy atom. The van der Waals surface area contributed by atoms with E-state index in [9.17, 15) is 9.18 Å². The van der Waals surface area contributed by atoms with Crippen LogP contribution in [0.25, 0.3) is 0 Å². The molecule has 2 aliphatic heterocycles. The highest BCUT2D eigenvalue weighted by Crippen LogP contribution is 2.25. The fourth-order valence-electron chi connectivity index (χ4n) is 3.56. The van der Waals surface area contributed by atoms with E-state index in [0.717, 1.165) is 18.5 Å². The number of hydrogen-bond acceptors (Lipinski definition) is 4. The van der Waals surface area contributed by atoms with E-state index in [0.29, 0.717) is 13.1 Å². The number of amides is 1. The molecule has 3 N–H and O–H groups in total. The molecule has 0 bridgehead atoms. The Balaban J connectivity index is 1.44. The van der Waals surface area contributed by atoms with Crippen molar-refractivity contribution in [3.8, 4) is 0 Å². The fourth-order valence-corrected chi connectivity index (χ4v) is 3.56. The van der Waals surface area contributed by atoms with Crippen LogP contribution in [0, 0.1) is 11.7 Å². The number of benzene rings is 1. The number of halogens is 1. The first-order valence-corrected chi connectivity index (χ1v) is 8.98. The third-order valence-corrected chi connectivity index (χ3v) is 4.95. The molecule has 5 nitrogen and oxygen atoms in total. The number of nitrogens with zero attached hydrogens (tertiary/aromatic N) is 1. The van der Waals surface area contributed by atoms with Gasteiger partial charge in [-0.15, -0.1) is 0 Å². The molecule has 2 heterocycles. The summed E-state index contributed by atoms with van der Waals surface area (Å²) in [7, 11) is 0. The van der Waals surface area contributed by atoms with Crippen LogP contribution in [0.4, 0.5) is 4.39 Å². The Kier molecular flexibility index (Phi) is 6.18. The van der Waals surface area contributed by atoms with E-state index in [1.165, 1.54) is 44.5 Å². The maximum atomic E-state index is 13.1. The standard InChI is InChI=1S/C18H27FN4O/c19-15-7-5-14(6-8-15)17-16(13-21-22-17)18(24)20-9-4-12-23-10-2-1-3-11-23/h5-8,16-17,21-22H,1-4,9-13H2,(H,20,24). The van der Waals surface area contributed by atoms with E-state index in [2.05, 4.69) is 21.1 Å². The topological polar surface area (TPSA) is 56.4 Å². The maximum Gasteiger partial charge on any atom is 0.226 e. The molecule has 0 aromatic heterocycles. The van der Waals surface area contributed by atoms with Gasteiger partial charge in [-0.05, 0) is 56.6 Å². The van der Waals surface area contributed by atoms with E-state index >= 15 is 0 Å². The fraction of sp³-hybridized carbons (Fsp3) is 0.611. The Morgan fingerprint density at radius 2 is 1.96 bits per heavy atom. The Bertz CT molecular complexity index is 530. The molecule has 2 unspecified atom stereocenters. The average Bonchev–Trinajstić information content (AvgIpc) is 3.10. The van der Waals surface area contributed by atoms with Crippen LogP contribution in [0.2, 0.25) is 0 Å². The lowest BCUT2D eigenvalue weighted by molar-refractivity contribution is -0.124. The number of carbonyl (C=O) groups excluding carboxylic acids is 1. The number of likely N-dealkylation sites (tertiary alicyclic amines) is 1. The lowest BCUT2D eigenvalue weighted by Gasteiger charge is -2.26. The van der Waals surface area contributed by atoms with Crippen molar-refractivity contribution in [3.63, 3.8) is 0 Å². The van der Waals surface area contributed by atoms with Crippen LogP contribution in [-0.4, -0.2) is 43.5 Å². The van der Waals surface area contributed by atoms with Crippen molar-refractivity contribution < 1.29 is 9.18 Å². The van der Waals surface area contributed by atoms with E-state index in [-0.39, 0.29) is 23.7 Å². The van der Waals surface area contributed by atoms with E-state index in [4.69, 9.17) is 0 Å². The van der Waals surface area contributed by atoms with Crippen molar-refractivity contribution in [3.05, 3.63) is 35.6 Å². The zero-order valence-electron chi connectivity index (χ0n) is 14.1. The predicted octanol–water partition coefficient (Wildman–Crippen LogP) is 1.58. The van der Waals surface area contributed by atoms with Gasteiger partial charge in [0.2, 0.25) is 5.91 Å². The molecule has 2 aliphatic rings. The maximum absolute atomic E-state index is 13.1. The van der Waals surface area contributed by atoms with Crippen LogP contribution in [-0.2, 0) is 4.79 Å². The normalized spacial score (nSPS) is 24.9. The second kappa shape index (κ2) is 8.55. The second-order valence-electron chi connectivity index (χ2n) is 6.71. The van der Waals surface area contributed by atoms with Crippen molar-refractivity contribution in [2.75, 3.05) is 32.7 Å². The molecule has 1 aromatic rings. The molecule has 0 saturated carbocycles. The highest BCUT2D eigenvalue weighted by molar-refractivity contribution is 5.80. The molecule has 24 heavy (non-hydrogen) atoms. The van der Waals surface area contributed by atoms with Crippen molar-refractivity contribution >= 4 is 5.91 Å². The molecule has 0 aliphatic carbocycles. The monoisotopic (exact) mass is 334 g/mol. The summed E-state index contributed by atoms with van der Waals surface area (Å²) in [6.07, 6.45) is 4.93. The molecule has 1 aromatic carbocycles. The summed E-state index contributed by atoms with van der Waals surface area (Å²) in [5.41, 5.74) is 7.10. The zero-order valence-corrected chi connectivity index (χ0v) is 14.1. The molecule has 6 heteroatoms. The number of nitrogens with one attached hydrogen (secondary N) is 3. The lowest BCUT2D eigenvalue weighted by Crippen LogP contribution is -2.37. The second-order valence-corrected chi connectivity index (χ2v) is 6.71. The van der Waals surface area contributed by atoms with Crippen molar-refractivity contribution in [2.45, 2.75) is 31.7 Å². The summed E-state index contributed by atoms with van der Waals surface area (Å²) >= 11 is 0. The largest absolute Gasteiger partial charge is 0.356 e. The average molecular weight is 334 g/mol. The van der Waals surface area contributed by atoms with Gasteiger partial charge in [0.25, 0.3) is 0 Å². The Hall–Kier alpha value is -1.50. The minimum absolute atomic E-state index is 0.0560. The van der Waals surface area contributed by atoms with Gasteiger partial charge in [0.1, 0.15) is 5.82 Å². The smallest absolute Gasteiger partial charge is 0.226 e. The van der Waals surface area contributed by atoms with Crippen molar-refractivity contribution in [2.24, 2.45) is 5.92 Å². The van der Waals surface area contributed by atoms with Gasteiger partial charge in [-0.25, -0.2) is 9.82 Å². The first-order valence-electron chi connectivity index (χ1n) is 8.98. The molecule has 132 valence electrons. The molecule has 2 fully saturated rings. The molecular formula is C18H27FN4O. The molecular weight excluding hydrogens is 307 g/mol. The summed E-state index contributed by atoms with van der Waals surface area (Å²) in [5, 5.41) is 3.06. The Morgan fingerprint density at radius 3 is 2.71 bits per heavy atom. The molecule has 0 radical (unpaired) electrons. The highest BCUT2D eigenvalue weighted by Gasteiger charge is 2.33. The number of hydrogen-bond donors (Lipinski definition) is 3. The van der Waals surface area contributed by atoms with Gasteiger partial charge in [-0.2, -0.15) is 0 Å². The van der Waals surface area contributed by atoms with Crippen molar-refractivity contribution in [1.82, 2.24) is 21.1 Å². The quantitative estimate of drug-likeness (QED) is 0.692. The van der Waals surface area contributed by atoms with Gasteiger partial charge < -0.3 is 10.2 Å². The molecule has 3 rings (SSSR count). The van der Waals surface area contributed by atoms with Crippen molar-refractivity contribution in [1.29, 1.82) is 0 Å². The summed E-state index contributed by atoms with van der Waals surface area (Å²) in [5.74, 6) is -0.380. The van der Waals surface area contributed by atoms with Crippen LogP contribution in [0.5, 0.6) is 0 Å². The van der Waals surface area contributed by atoms with E-state index in [1.54, 1.807) is 12.1 Å². The van der Waals surface area contributed by atoms with Crippen LogP contribution in [0.1, 0.15) is 37.3 Å². The minimum atomic E-state index is -0.261. The first-order chi connectivity index (χ1) is 11.7. The third-order valence-electron chi connectivity index (χ3n) is 4.95. The first kappa shape index (κ1) is 17.3. The molecule has 2 atom stereocenters. The molecule has 2 saturated heterocycles. The number of rotatable bonds is 6. The minimum Gasteiger partial charge on any atom is -0.356 e. The van der Waals surface area contributed by atoms with Gasteiger partial charge in [0, 0.05) is 13.1 Å². The van der Waals surface area contributed by atoms with Crippen LogP contribution in [0.3, 0.4) is 0 Å². The Labute approximate surface area is 143 Å². The SMILES string of the molecule is O=C(NCCCN1CCCCC1)C1CNNC1c1ccc(F)cc1. The molecule has 0 spiro atoms. The van der Waals surface area contributed by atoms with Crippen LogP contribution >= 0.6 is 0 Å². The predicted molar refractivity (Wildman–Crippen MR) is 91.7 cm³/mol. The van der Waals surface area contributed by atoms with Gasteiger partial charge >= 0.3 is 0 Å². The van der Waals surface area contributed by atoms with E-state index < -0.39 is 0 Å². The highest BCUT2D eigenvalue weighted by atomic mass is 19.1. The number of hydrazine groups is 1. The van der Waals surface area contributed by atoms with Gasteiger partial charge in [0.05, 0.1) is 12.0 Å². The number of piperidine rings is 1. The summed E-state index contributed by atoms with van der Waals surface area (Å²) in [6, 6.07) is 6.21. The van der Waals surface area contributed by atoms with Gasteiger partial charge in [-0.3, -0.25) is 10.2 Å². The van der Waals surface area contributed by atoms with Crippen LogP contribution in [0.15, 0.2) is 24.3 Å². The summed E-state index contributed by atoms with van der Waals surface area (Å²) in [6.45, 7) is 4.74. The third kappa shape index (κ3) is 4.53. The number of carbonyl (C=O) groups is 1. The summed E-state index contributed by atoms with van der Waals surface area (Å²) in [4.78, 5) is 15.0. The zero-order chi connectivity index (χ0) is 16.8. The van der Waals surface area contributed by atoms with Gasteiger partial charge in [-0.1, -0.05) is 18.6 Å². The molecule has 1 amide bonds. The lowest BCUT2D eigenvalue weighted by atomic mass is 9.94.